The fraction of sp³-hybridized carbons (Fsp3) is 0.867. The maximum atomic E-state index is 12.1. The van der Waals surface area contributed by atoms with Gasteiger partial charge in [-0.25, -0.2) is 0 Å². The molecule has 1 heterocycles. The van der Waals surface area contributed by atoms with Crippen molar-refractivity contribution in [3.63, 3.8) is 0 Å². The zero-order valence-electron chi connectivity index (χ0n) is 13.5. The van der Waals surface area contributed by atoms with Gasteiger partial charge in [0.25, 0.3) is 0 Å². The number of carboxylic acids is 1. The molecule has 0 aliphatic carbocycles. The Hall–Kier alpha value is -1.14. The van der Waals surface area contributed by atoms with Crippen molar-refractivity contribution in [2.75, 3.05) is 39.3 Å². The number of carbonyl (C=O) groups is 2. The van der Waals surface area contributed by atoms with Crippen LogP contribution in [-0.4, -0.2) is 72.1 Å². The number of nitrogens with zero attached hydrogens (tertiary/aromatic N) is 2. The molecule has 122 valence electrons. The minimum Gasteiger partial charge on any atom is -0.481 e. The van der Waals surface area contributed by atoms with Gasteiger partial charge in [0.15, 0.2) is 0 Å². The third kappa shape index (κ3) is 6.91. The second-order valence-corrected chi connectivity index (χ2v) is 6.17. The maximum absolute atomic E-state index is 12.1. The number of carbonyl (C=O) groups excluding carboxylic acids is 1. The van der Waals surface area contributed by atoms with Crippen molar-refractivity contribution in [1.29, 1.82) is 0 Å². The fourth-order valence-electron chi connectivity index (χ4n) is 2.43. The summed E-state index contributed by atoms with van der Waals surface area (Å²) in [5.74, 6) is -0.0663. The summed E-state index contributed by atoms with van der Waals surface area (Å²) in [6.07, 6.45) is 1.19. The first kappa shape index (κ1) is 17.9. The third-order valence-corrected chi connectivity index (χ3v) is 4.00. The van der Waals surface area contributed by atoms with Crippen molar-refractivity contribution < 1.29 is 14.7 Å². The molecule has 0 aromatic carbocycles. The Morgan fingerprint density at radius 1 is 1.14 bits per heavy atom. The molecule has 2 N–H and O–H groups in total. The van der Waals surface area contributed by atoms with Crippen LogP contribution in [0.3, 0.4) is 0 Å². The summed E-state index contributed by atoms with van der Waals surface area (Å²) < 4.78 is 0. The maximum Gasteiger partial charge on any atom is 0.304 e. The molecule has 0 aromatic rings. The highest BCUT2D eigenvalue weighted by Crippen LogP contribution is 2.07. The number of hydrogen-bond acceptors (Lipinski definition) is 4. The van der Waals surface area contributed by atoms with E-state index >= 15 is 0 Å². The van der Waals surface area contributed by atoms with Crippen LogP contribution >= 0.6 is 0 Å². The minimum absolute atomic E-state index is 0.0923. The zero-order chi connectivity index (χ0) is 15.8. The van der Waals surface area contributed by atoms with Gasteiger partial charge in [-0.15, -0.1) is 0 Å². The largest absolute Gasteiger partial charge is 0.481 e. The number of amides is 1. The molecule has 0 saturated carbocycles. The summed E-state index contributed by atoms with van der Waals surface area (Å²) in [7, 11) is 0. The van der Waals surface area contributed by atoms with Gasteiger partial charge in [-0.2, -0.15) is 0 Å². The van der Waals surface area contributed by atoms with E-state index < -0.39 is 5.97 Å². The average Bonchev–Trinajstić information content (AvgIpc) is 2.44. The van der Waals surface area contributed by atoms with Crippen molar-refractivity contribution in [2.45, 2.75) is 39.7 Å². The summed E-state index contributed by atoms with van der Waals surface area (Å²) in [6, 6.07) is -0.112. The van der Waals surface area contributed by atoms with Crippen molar-refractivity contribution >= 4 is 11.9 Å². The lowest BCUT2D eigenvalue weighted by Crippen LogP contribution is -2.54. The lowest BCUT2D eigenvalue weighted by Gasteiger charge is -2.37. The van der Waals surface area contributed by atoms with Crippen LogP contribution in [-0.2, 0) is 9.59 Å². The Morgan fingerprint density at radius 2 is 1.76 bits per heavy atom. The average molecular weight is 299 g/mol. The lowest BCUT2D eigenvalue weighted by atomic mass is 10.1. The number of piperazine rings is 1. The van der Waals surface area contributed by atoms with E-state index in [4.69, 9.17) is 5.11 Å². The summed E-state index contributed by atoms with van der Waals surface area (Å²) in [5, 5.41) is 11.7. The summed E-state index contributed by atoms with van der Waals surface area (Å²) in [4.78, 5) is 27.0. The molecule has 0 spiro atoms. The smallest absolute Gasteiger partial charge is 0.304 e. The molecule has 0 bridgehead atoms. The van der Waals surface area contributed by atoms with Crippen LogP contribution in [0.4, 0.5) is 0 Å². The normalized spacial score (nSPS) is 18.7. The molecule has 1 aliphatic heterocycles. The molecule has 1 saturated heterocycles. The highest BCUT2D eigenvalue weighted by molar-refractivity contribution is 5.81. The molecule has 6 heteroatoms. The van der Waals surface area contributed by atoms with Gasteiger partial charge in [0, 0.05) is 39.3 Å². The number of nitrogens with one attached hydrogen (secondary N) is 1. The van der Waals surface area contributed by atoms with Crippen molar-refractivity contribution in [1.82, 2.24) is 15.1 Å². The Morgan fingerprint density at radius 3 is 2.29 bits per heavy atom. The first-order valence-electron chi connectivity index (χ1n) is 7.86. The molecule has 0 radical (unpaired) electrons. The van der Waals surface area contributed by atoms with E-state index in [2.05, 4.69) is 29.0 Å². The van der Waals surface area contributed by atoms with E-state index in [0.717, 1.165) is 39.1 Å². The van der Waals surface area contributed by atoms with Crippen LogP contribution in [0.2, 0.25) is 0 Å². The fourth-order valence-corrected chi connectivity index (χ4v) is 2.43. The van der Waals surface area contributed by atoms with E-state index in [-0.39, 0.29) is 18.4 Å². The highest BCUT2D eigenvalue weighted by Gasteiger charge is 2.25. The van der Waals surface area contributed by atoms with Crippen LogP contribution < -0.4 is 5.32 Å². The first-order chi connectivity index (χ1) is 9.90. The van der Waals surface area contributed by atoms with Gasteiger partial charge in [-0.3, -0.25) is 14.5 Å². The molecule has 1 unspecified atom stereocenters. The predicted octanol–water partition coefficient (Wildman–Crippen LogP) is 0.630. The van der Waals surface area contributed by atoms with Crippen LogP contribution in [0.25, 0.3) is 0 Å². The van der Waals surface area contributed by atoms with Crippen LogP contribution in [0.5, 0.6) is 0 Å². The van der Waals surface area contributed by atoms with Gasteiger partial charge in [0.05, 0.1) is 12.5 Å². The molecule has 6 nitrogen and oxygen atoms in total. The second kappa shape index (κ2) is 9.00. The molecular formula is C15H29N3O3. The third-order valence-electron chi connectivity index (χ3n) is 4.00. The molecule has 1 atom stereocenters. The van der Waals surface area contributed by atoms with Crippen molar-refractivity contribution in [2.24, 2.45) is 5.92 Å². The molecule has 1 rings (SSSR count). The molecule has 1 amide bonds. The van der Waals surface area contributed by atoms with Gasteiger partial charge < -0.3 is 15.3 Å². The van der Waals surface area contributed by atoms with E-state index in [1.54, 1.807) is 0 Å². The Balaban J connectivity index is 2.25. The standard InChI is InChI=1S/C15H29N3O3/c1-12(2)4-6-16-15(21)13(3)18-10-8-17(9-11-18)7-5-14(19)20/h12-13H,4-11H2,1-3H3,(H,16,21)(H,19,20). The number of rotatable bonds is 8. The van der Waals surface area contributed by atoms with Gasteiger partial charge in [0.2, 0.25) is 5.91 Å². The van der Waals surface area contributed by atoms with Crippen molar-refractivity contribution in [3.05, 3.63) is 0 Å². The SMILES string of the molecule is CC(C)CCNC(=O)C(C)N1CCN(CCC(=O)O)CC1. The van der Waals surface area contributed by atoms with Gasteiger partial charge in [0.1, 0.15) is 0 Å². The quantitative estimate of drug-likeness (QED) is 0.688. The Labute approximate surface area is 127 Å². The summed E-state index contributed by atoms with van der Waals surface area (Å²) in [5.41, 5.74) is 0. The monoisotopic (exact) mass is 299 g/mol. The molecule has 1 fully saturated rings. The van der Waals surface area contributed by atoms with Gasteiger partial charge in [-0.1, -0.05) is 13.8 Å². The van der Waals surface area contributed by atoms with Crippen LogP contribution in [0, 0.1) is 5.92 Å². The predicted molar refractivity (Wildman–Crippen MR) is 82.2 cm³/mol. The molecule has 0 aromatic heterocycles. The van der Waals surface area contributed by atoms with Gasteiger partial charge >= 0.3 is 5.97 Å². The lowest BCUT2D eigenvalue weighted by molar-refractivity contribution is -0.137. The number of carboxylic acid groups (broad SMARTS) is 1. The molecule has 21 heavy (non-hydrogen) atoms. The van der Waals surface area contributed by atoms with E-state index in [1.165, 1.54) is 0 Å². The van der Waals surface area contributed by atoms with E-state index in [9.17, 15) is 9.59 Å². The Kier molecular flexibility index (Phi) is 7.67. The first-order valence-corrected chi connectivity index (χ1v) is 7.86. The topological polar surface area (TPSA) is 72.9 Å². The minimum atomic E-state index is -0.754. The van der Waals surface area contributed by atoms with Crippen molar-refractivity contribution in [3.8, 4) is 0 Å². The second-order valence-electron chi connectivity index (χ2n) is 6.17. The Bertz CT molecular complexity index is 339. The number of hydrogen-bond donors (Lipinski definition) is 2. The van der Waals surface area contributed by atoms with E-state index in [1.807, 2.05) is 6.92 Å². The van der Waals surface area contributed by atoms with E-state index in [0.29, 0.717) is 12.5 Å². The molecule has 1 aliphatic rings. The summed E-state index contributed by atoms with van der Waals surface area (Å²) in [6.45, 7) is 10.9. The molecular weight excluding hydrogens is 270 g/mol. The summed E-state index contributed by atoms with van der Waals surface area (Å²) >= 11 is 0. The van der Waals surface area contributed by atoms with Crippen LogP contribution in [0.1, 0.15) is 33.6 Å². The van der Waals surface area contributed by atoms with Gasteiger partial charge in [-0.05, 0) is 19.3 Å². The number of aliphatic carboxylic acids is 1. The highest BCUT2D eigenvalue weighted by atomic mass is 16.4. The zero-order valence-corrected chi connectivity index (χ0v) is 13.5. The van der Waals surface area contributed by atoms with Crippen LogP contribution in [0.15, 0.2) is 0 Å².